The normalized spacial score (nSPS) is 15.9. The van der Waals surface area contributed by atoms with Crippen LogP contribution in [-0.4, -0.2) is 24.6 Å². The van der Waals surface area contributed by atoms with Crippen molar-refractivity contribution in [3.63, 3.8) is 0 Å². The van der Waals surface area contributed by atoms with Crippen molar-refractivity contribution in [1.82, 2.24) is 5.32 Å². The lowest BCUT2D eigenvalue weighted by atomic mass is 10.1. The highest BCUT2D eigenvalue weighted by Gasteiger charge is 2.26. The first-order valence-electron chi connectivity index (χ1n) is 6.86. The van der Waals surface area contributed by atoms with Crippen molar-refractivity contribution in [3.8, 4) is 5.75 Å². The molecule has 19 heavy (non-hydrogen) atoms. The molecule has 1 aliphatic rings. The van der Waals surface area contributed by atoms with Crippen molar-refractivity contribution < 1.29 is 9.53 Å². The number of benzene rings is 1. The molecule has 0 heterocycles. The Balaban J connectivity index is 2.01. The first-order valence-corrected chi connectivity index (χ1v) is 6.86. The minimum absolute atomic E-state index is 0.0400. The SMILES string of the molecule is Cc1ccc(OC(C)C(=O)NC2CC2)c(CCN)c1. The van der Waals surface area contributed by atoms with Crippen molar-refractivity contribution in [2.45, 2.75) is 45.3 Å². The van der Waals surface area contributed by atoms with Gasteiger partial charge in [-0.25, -0.2) is 0 Å². The fourth-order valence-corrected chi connectivity index (χ4v) is 1.96. The van der Waals surface area contributed by atoms with Crippen LogP contribution in [0.3, 0.4) is 0 Å². The van der Waals surface area contributed by atoms with Crippen molar-refractivity contribution in [2.75, 3.05) is 6.54 Å². The molecule has 1 aromatic carbocycles. The molecule has 3 N–H and O–H groups in total. The molecule has 4 nitrogen and oxygen atoms in total. The molecule has 1 aliphatic carbocycles. The van der Waals surface area contributed by atoms with Crippen LogP contribution in [0.2, 0.25) is 0 Å². The third kappa shape index (κ3) is 3.96. The van der Waals surface area contributed by atoms with Gasteiger partial charge >= 0.3 is 0 Å². The average Bonchev–Trinajstić information content (AvgIpc) is 3.16. The molecule has 0 spiro atoms. The zero-order chi connectivity index (χ0) is 13.8. The van der Waals surface area contributed by atoms with E-state index in [2.05, 4.69) is 11.4 Å². The molecule has 0 saturated heterocycles. The van der Waals surface area contributed by atoms with Crippen LogP contribution >= 0.6 is 0 Å². The van der Waals surface area contributed by atoms with Crippen LogP contribution in [0.25, 0.3) is 0 Å². The van der Waals surface area contributed by atoms with Gasteiger partial charge in [0.15, 0.2) is 6.10 Å². The third-order valence-electron chi connectivity index (χ3n) is 3.23. The molecule has 104 valence electrons. The number of hydrogen-bond donors (Lipinski definition) is 2. The predicted molar refractivity (Wildman–Crippen MR) is 75.2 cm³/mol. The molecule has 4 heteroatoms. The van der Waals surface area contributed by atoms with Gasteiger partial charge in [0.1, 0.15) is 5.75 Å². The molecule has 0 radical (unpaired) electrons. The Kier molecular flexibility index (Phi) is 4.43. The second-order valence-electron chi connectivity index (χ2n) is 5.19. The number of hydrogen-bond acceptors (Lipinski definition) is 3. The molecule has 1 saturated carbocycles. The number of amides is 1. The maximum absolute atomic E-state index is 11.9. The van der Waals surface area contributed by atoms with Gasteiger partial charge in [0.05, 0.1) is 0 Å². The van der Waals surface area contributed by atoms with Crippen LogP contribution in [0.4, 0.5) is 0 Å². The Labute approximate surface area is 114 Å². The summed E-state index contributed by atoms with van der Waals surface area (Å²) in [5.41, 5.74) is 7.85. The van der Waals surface area contributed by atoms with Crippen LogP contribution in [0.5, 0.6) is 5.75 Å². The van der Waals surface area contributed by atoms with Crippen molar-refractivity contribution in [2.24, 2.45) is 5.73 Å². The largest absolute Gasteiger partial charge is 0.481 e. The molecule has 1 aromatic rings. The van der Waals surface area contributed by atoms with E-state index >= 15 is 0 Å². The number of rotatable bonds is 6. The summed E-state index contributed by atoms with van der Waals surface area (Å²) in [6, 6.07) is 6.33. The quantitative estimate of drug-likeness (QED) is 0.817. The van der Waals surface area contributed by atoms with Gasteiger partial charge in [0, 0.05) is 6.04 Å². The second-order valence-corrected chi connectivity index (χ2v) is 5.19. The summed E-state index contributed by atoms with van der Waals surface area (Å²) in [5.74, 6) is 0.719. The molecular weight excluding hydrogens is 240 g/mol. The first kappa shape index (κ1) is 13.9. The van der Waals surface area contributed by atoms with E-state index in [1.807, 2.05) is 19.1 Å². The Hall–Kier alpha value is -1.55. The average molecular weight is 262 g/mol. The van der Waals surface area contributed by atoms with E-state index < -0.39 is 6.10 Å². The number of carbonyl (C=O) groups is 1. The summed E-state index contributed by atoms with van der Waals surface area (Å²) in [7, 11) is 0. The van der Waals surface area contributed by atoms with Crippen molar-refractivity contribution in [3.05, 3.63) is 29.3 Å². The van der Waals surface area contributed by atoms with Gasteiger partial charge in [-0.15, -0.1) is 0 Å². The summed E-state index contributed by atoms with van der Waals surface area (Å²) in [5, 5.41) is 2.95. The lowest BCUT2D eigenvalue weighted by molar-refractivity contribution is -0.127. The zero-order valence-electron chi connectivity index (χ0n) is 11.6. The maximum atomic E-state index is 11.9. The molecule has 0 aromatic heterocycles. The highest BCUT2D eigenvalue weighted by atomic mass is 16.5. The fraction of sp³-hybridized carbons (Fsp3) is 0.533. The van der Waals surface area contributed by atoms with Crippen molar-refractivity contribution >= 4 is 5.91 Å². The third-order valence-corrected chi connectivity index (χ3v) is 3.23. The predicted octanol–water partition coefficient (Wildman–Crippen LogP) is 1.54. The monoisotopic (exact) mass is 262 g/mol. The minimum Gasteiger partial charge on any atom is -0.481 e. The van der Waals surface area contributed by atoms with Gasteiger partial charge in [-0.1, -0.05) is 17.7 Å². The van der Waals surface area contributed by atoms with E-state index in [-0.39, 0.29) is 5.91 Å². The first-order chi connectivity index (χ1) is 9.10. The van der Waals surface area contributed by atoms with E-state index in [4.69, 9.17) is 10.5 Å². The topological polar surface area (TPSA) is 64.3 Å². The fourth-order valence-electron chi connectivity index (χ4n) is 1.96. The van der Waals surface area contributed by atoms with E-state index in [1.54, 1.807) is 6.92 Å². The molecule has 2 rings (SSSR count). The highest BCUT2D eigenvalue weighted by Crippen LogP contribution is 2.23. The van der Waals surface area contributed by atoms with Crippen molar-refractivity contribution in [1.29, 1.82) is 0 Å². The lowest BCUT2D eigenvalue weighted by Crippen LogP contribution is -2.37. The number of nitrogens with one attached hydrogen (secondary N) is 1. The van der Waals surface area contributed by atoms with E-state index in [0.717, 1.165) is 30.6 Å². The lowest BCUT2D eigenvalue weighted by Gasteiger charge is -2.17. The summed E-state index contributed by atoms with van der Waals surface area (Å²) in [6.07, 6.45) is 2.46. The van der Waals surface area contributed by atoms with Gasteiger partial charge in [-0.2, -0.15) is 0 Å². The highest BCUT2D eigenvalue weighted by molar-refractivity contribution is 5.81. The molecule has 1 amide bonds. The summed E-state index contributed by atoms with van der Waals surface area (Å²) in [4.78, 5) is 11.9. The van der Waals surface area contributed by atoms with Crippen LogP contribution in [0.1, 0.15) is 30.9 Å². The summed E-state index contributed by atoms with van der Waals surface area (Å²) >= 11 is 0. The molecule has 0 bridgehead atoms. The second kappa shape index (κ2) is 6.06. The molecular formula is C15H22N2O2. The molecule has 1 unspecified atom stereocenters. The van der Waals surface area contributed by atoms with Gasteiger partial charge in [0.25, 0.3) is 5.91 Å². The standard InChI is InChI=1S/C15H22N2O2/c1-10-3-6-14(12(9-10)7-8-16)19-11(2)15(18)17-13-4-5-13/h3,6,9,11,13H,4-5,7-8,16H2,1-2H3,(H,17,18). The van der Waals surface area contributed by atoms with Crippen LogP contribution in [0.15, 0.2) is 18.2 Å². The minimum atomic E-state index is -0.472. The molecule has 0 aliphatic heterocycles. The number of carbonyl (C=O) groups excluding carboxylic acids is 1. The van der Waals surface area contributed by atoms with Crippen LogP contribution < -0.4 is 15.8 Å². The number of ether oxygens (including phenoxy) is 1. The van der Waals surface area contributed by atoms with Gasteiger partial charge in [0.2, 0.25) is 0 Å². The summed E-state index contributed by atoms with van der Waals surface area (Å²) in [6.45, 7) is 4.39. The van der Waals surface area contributed by atoms with E-state index in [1.165, 1.54) is 5.56 Å². The number of nitrogens with two attached hydrogens (primary N) is 1. The van der Waals surface area contributed by atoms with E-state index in [0.29, 0.717) is 12.6 Å². The van der Waals surface area contributed by atoms with Crippen LogP contribution in [-0.2, 0) is 11.2 Å². The van der Waals surface area contributed by atoms with E-state index in [9.17, 15) is 4.79 Å². The summed E-state index contributed by atoms with van der Waals surface area (Å²) < 4.78 is 5.78. The zero-order valence-corrected chi connectivity index (χ0v) is 11.6. The Morgan fingerprint density at radius 3 is 2.89 bits per heavy atom. The number of aryl methyl sites for hydroxylation is 1. The smallest absolute Gasteiger partial charge is 0.260 e. The molecule has 1 atom stereocenters. The van der Waals surface area contributed by atoms with Gasteiger partial charge in [-0.05, 0) is 51.3 Å². The van der Waals surface area contributed by atoms with Gasteiger partial charge in [-0.3, -0.25) is 4.79 Å². The molecule has 1 fully saturated rings. The maximum Gasteiger partial charge on any atom is 0.260 e. The van der Waals surface area contributed by atoms with Crippen LogP contribution in [0, 0.1) is 6.92 Å². The Bertz CT molecular complexity index is 455. The Morgan fingerprint density at radius 2 is 2.26 bits per heavy atom. The van der Waals surface area contributed by atoms with Gasteiger partial charge < -0.3 is 15.8 Å². The Morgan fingerprint density at radius 1 is 1.53 bits per heavy atom.